The van der Waals surface area contributed by atoms with Crippen LogP contribution in [0.2, 0.25) is 0 Å². The van der Waals surface area contributed by atoms with Gasteiger partial charge in [0.25, 0.3) is 0 Å². The van der Waals surface area contributed by atoms with Crippen LogP contribution in [0.25, 0.3) is 10.9 Å². The molecule has 1 aromatic heterocycles. The van der Waals surface area contributed by atoms with E-state index in [1.807, 2.05) is 6.92 Å². The van der Waals surface area contributed by atoms with Crippen molar-refractivity contribution in [1.29, 1.82) is 0 Å². The van der Waals surface area contributed by atoms with Crippen LogP contribution < -0.4 is 0 Å². The standard InChI is InChI=1S/C14H15NO2/c1-9-5-6-11-10(8-9)13(14(16)17-2)12-4-3-7-15(11)12/h5-6,8H,3-4,7H2,1-2H3. The summed E-state index contributed by atoms with van der Waals surface area (Å²) in [6.07, 6.45) is 2.08. The lowest BCUT2D eigenvalue weighted by Gasteiger charge is -2.00. The summed E-state index contributed by atoms with van der Waals surface area (Å²) < 4.78 is 7.17. The maximum absolute atomic E-state index is 11.9. The van der Waals surface area contributed by atoms with Gasteiger partial charge in [-0.1, -0.05) is 11.6 Å². The smallest absolute Gasteiger partial charge is 0.340 e. The summed E-state index contributed by atoms with van der Waals surface area (Å²) in [4.78, 5) is 11.9. The van der Waals surface area contributed by atoms with E-state index in [4.69, 9.17) is 4.74 Å². The molecule has 3 heteroatoms. The molecule has 0 aliphatic carbocycles. The zero-order valence-electron chi connectivity index (χ0n) is 10.1. The summed E-state index contributed by atoms with van der Waals surface area (Å²) in [7, 11) is 1.45. The molecule has 88 valence electrons. The first-order chi connectivity index (χ1) is 8.22. The van der Waals surface area contributed by atoms with Crippen molar-refractivity contribution in [3.63, 3.8) is 0 Å². The van der Waals surface area contributed by atoms with Gasteiger partial charge in [-0.05, 0) is 31.9 Å². The van der Waals surface area contributed by atoms with Crippen LogP contribution in [0.3, 0.4) is 0 Å². The van der Waals surface area contributed by atoms with Gasteiger partial charge in [0.15, 0.2) is 0 Å². The van der Waals surface area contributed by atoms with Gasteiger partial charge in [-0.3, -0.25) is 0 Å². The minimum Gasteiger partial charge on any atom is -0.465 e. The summed E-state index contributed by atoms with van der Waals surface area (Å²) in [5, 5.41) is 1.03. The fraction of sp³-hybridized carbons (Fsp3) is 0.357. The van der Waals surface area contributed by atoms with Gasteiger partial charge in [0.05, 0.1) is 12.7 Å². The lowest BCUT2D eigenvalue weighted by Crippen LogP contribution is -2.04. The molecular weight excluding hydrogens is 214 g/mol. The van der Waals surface area contributed by atoms with E-state index in [1.165, 1.54) is 12.7 Å². The molecule has 0 spiro atoms. The number of methoxy groups -OCH3 is 1. The summed E-state index contributed by atoms with van der Waals surface area (Å²) in [5.74, 6) is -0.212. The van der Waals surface area contributed by atoms with Crippen molar-refractivity contribution in [2.24, 2.45) is 0 Å². The Kier molecular flexibility index (Phi) is 2.21. The molecule has 0 bridgehead atoms. The number of carbonyl (C=O) groups is 1. The number of hydrogen-bond donors (Lipinski definition) is 0. The zero-order valence-corrected chi connectivity index (χ0v) is 10.1. The van der Waals surface area contributed by atoms with E-state index in [0.717, 1.165) is 41.5 Å². The van der Waals surface area contributed by atoms with Crippen molar-refractivity contribution in [1.82, 2.24) is 4.57 Å². The topological polar surface area (TPSA) is 31.2 Å². The van der Waals surface area contributed by atoms with E-state index in [-0.39, 0.29) is 5.97 Å². The maximum Gasteiger partial charge on any atom is 0.340 e. The van der Waals surface area contributed by atoms with Crippen molar-refractivity contribution < 1.29 is 9.53 Å². The van der Waals surface area contributed by atoms with E-state index < -0.39 is 0 Å². The van der Waals surface area contributed by atoms with Crippen molar-refractivity contribution in [2.75, 3.05) is 7.11 Å². The van der Waals surface area contributed by atoms with Crippen molar-refractivity contribution in [2.45, 2.75) is 26.3 Å². The normalized spacial score (nSPS) is 14.0. The average molecular weight is 229 g/mol. The van der Waals surface area contributed by atoms with Crippen LogP contribution in [-0.2, 0) is 17.7 Å². The third-order valence-electron chi connectivity index (χ3n) is 3.51. The number of aromatic nitrogens is 1. The lowest BCUT2D eigenvalue weighted by molar-refractivity contribution is 0.0602. The molecule has 3 rings (SSSR count). The second-order valence-corrected chi connectivity index (χ2v) is 4.59. The Morgan fingerprint density at radius 2 is 2.24 bits per heavy atom. The van der Waals surface area contributed by atoms with Crippen LogP contribution in [0.4, 0.5) is 0 Å². The van der Waals surface area contributed by atoms with Gasteiger partial charge in [-0.2, -0.15) is 0 Å². The summed E-state index contributed by atoms with van der Waals surface area (Å²) in [5.41, 5.74) is 4.23. The predicted molar refractivity (Wildman–Crippen MR) is 66.3 cm³/mol. The van der Waals surface area contributed by atoms with Crippen molar-refractivity contribution in [3.05, 3.63) is 35.0 Å². The van der Waals surface area contributed by atoms with E-state index in [9.17, 15) is 4.79 Å². The first-order valence-electron chi connectivity index (χ1n) is 5.92. The van der Waals surface area contributed by atoms with E-state index >= 15 is 0 Å². The first kappa shape index (κ1) is 10.4. The van der Waals surface area contributed by atoms with Gasteiger partial charge in [0.2, 0.25) is 0 Å². The molecule has 0 unspecified atom stereocenters. The highest BCUT2D eigenvalue weighted by atomic mass is 16.5. The second-order valence-electron chi connectivity index (χ2n) is 4.59. The summed E-state index contributed by atoms with van der Waals surface area (Å²) in [6.45, 7) is 3.05. The van der Waals surface area contributed by atoms with Gasteiger partial charge >= 0.3 is 5.97 Å². The van der Waals surface area contributed by atoms with Crippen LogP contribution in [0.1, 0.15) is 28.0 Å². The minimum absolute atomic E-state index is 0.212. The van der Waals surface area contributed by atoms with Crippen LogP contribution in [0.5, 0.6) is 0 Å². The Morgan fingerprint density at radius 3 is 3.00 bits per heavy atom. The molecule has 0 atom stereocenters. The molecule has 0 radical (unpaired) electrons. The highest BCUT2D eigenvalue weighted by Gasteiger charge is 2.25. The molecule has 3 nitrogen and oxygen atoms in total. The third kappa shape index (κ3) is 1.38. The Hall–Kier alpha value is -1.77. The fourth-order valence-corrected chi connectivity index (χ4v) is 2.77. The maximum atomic E-state index is 11.9. The van der Waals surface area contributed by atoms with Gasteiger partial charge in [0, 0.05) is 23.1 Å². The Morgan fingerprint density at radius 1 is 1.41 bits per heavy atom. The Bertz CT molecular complexity index is 610. The summed E-state index contributed by atoms with van der Waals surface area (Å²) >= 11 is 0. The van der Waals surface area contributed by atoms with Crippen LogP contribution in [0.15, 0.2) is 18.2 Å². The van der Waals surface area contributed by atoms with Crippen LogP contribution in [0, 0.1) is 6.92 Å². The molecule has 1 aromatic carbocycles. The quantitative estimate of drug-likeness (QED) is 0.704. The number of fused-ring (bicyclic) bond motifs is 3. The van der Waals surface area contributed by atoms with E-state index in [0.29, 0.717) is 0 Å². The number of ether oxygens (including phenoxy) is 1. The number of carbonyl (C=O) groups excluding carboxylic acids is 1. The molecule has 0 saturated heterocycles. The molecule has 2 heterocycles. The fourth-order valence-electron chi connectivity index (χ4n) is 2.77. The van der Waals surface area contributed by atoms with Crippen LogP contribution >= 0.6 is 0 Å². The Labute approximate surface area is 100.0 Å². The molecule has 0 fully saturated rings. The number of rotatable bonds is 1. The summed E-state index contributed by atoms with van der Waals surface area (Å²) in [6, 6.07) is 6.27. The molecule has 0 saturated carbocycles. The van der Waals surface area contributed by atoms with Crippen LogP contribution in [-0.4, -0.2) is 17.6 Å². The zero-order chi connectivity index (χ0) is 12.0. The average Bonchev–Trinajstić information content (AvgIpc) is 2.87. The second kappa shape index (κ2) is 3.62. The highest BCUT2D eigenvalue weighted by molar-refractivity contribution is 6.06. The first-order valence-corrected chi connectivity index (χ1v) is 5.92. The monoisotopic (exact) mass is 229 g/mol. The lowest BCUT2D eigenvalue weighted by atomic mass is 10.1. The van der Waals surface area contributed by atoms with Crippen molar-refractivity contribution >= 4 is 16.9 Å². The molecule has 0 N–H and O–H groups in total. The predicted octanol–water partition coefficient (Wildman–Crippen LogP) is 2.68. The number of esters is 1. The molecule has 2 aromatic rings. The van der Waals surface area contributed by atoms with Gasteiger partial charge in [0.1, 0.15) is 0 Å². The largest absolute Gasteiger partial charge is 0.465 e. The molecular formula is C14H15NO2. The number of hydrogen-bond acceptors (Lipinski definition) is 2. The third-order valence-corrected chi connectivity index (χ3v) is 3.51. The highest BCUT2D eigenvalue weighted by Crippen LogP contribution is 2.32. The van der Waals surface area contributed by atoms with E-state index in [2.05, 4.69) is 22.8 Å². The number of benzene rings is 1. The van der Waals surface area contributed by atoms with Crippen molar-refractivity contribution in [3.8, 4) is 0 Å². The molecule has 17 heavy (non-hydrogen) atoms. The van der Waals surface area contributed by atoms with E-state index in [1.54, 1.807) is 0 Å². The number of aryl methyl sites for hydroxylation is 2. The van der Waals surface area contributed by atoms with Gasteiger partial charge in [-0.25, -0.2) is 4.79 Å². The van der Waals surface area contributed by atoms with Gasteiger partial charge in [-0.15, -0.1) is 0 Å². The molecule has 0 amide bonds. The Balaban J connectivity index is 2.38. The van der Waals surface area contributed by atoms with Gasteiger partial charge < -0.3 is 9.30 Å². The minimum atomic E-state index is -0.212. The SMILES string of the molecule is COC(=O)c1c2n(c3ccc(C)cc13)CCC2. The molecule has 1 aliphatic rings. The number of nitrogens with zero attached hydrogens (tertiary/aromatic N) is 1. The molecule has 1 aliphatic heterocycles.